The van der Waals surface area contributed by atoms with Gasteiger partial charge in [-0.05, 0) is 16.5 Å². The van der Waals surface area contributed by atoms with Crippen LogP contribution >= 0.6 is 11.3 Å². The van der Waals surface area contributed by atoms with Crippen LogP contribution in [0, 0.1) is 0 Å². The van der Waals surface area contributed by atoms with Gasteiger partial charge < -0.3 is 5.32 Å². The minimum atomic E-state index is 0.229. The first kappa shape index (κ1) is 13.2. The first-order valence-corrected chi connectivity index (χ1v) is 7.12. The molecule has 0 aliphatic carbocycles. The van der Waals surface area contributed by atoms with Crippen molar-refractivity contribution in [3.8, 4) is 0 Å². The quantitative estimate of drug-likeness (QED) is 0.906. The van der Waals surface area contributed by atoms with E-state index >= 15 is 0 Å². The maximum Gasteiger partial charge on any atom is 0.106 e. The molecule has 96 valence electrons. The van der Waals surface area contributed by atoms with Gasteiger partial charge in [0.2, 0.25) is 0 Å². The predicted octanol–water partition coefficient (Wildman–Crippen LogP) is 3.73. The molecule has 1 aromatic heterocycles. The Kier molecular flexibility index (Phi) is 4.15. The zero-order valence-corrected chi connectivity index (χ0v) is 12.1. The van der Waals surface area contributed by atoms with Crippen molar-refractivity contribution in [3.63, 3.8) is 0 Å². The fraction of sp³-hybridized carbons (Fsp3) is 0.400. The third kappa shape index (κ3) is 3.65. The zero-order chi connectivity index (χ0) is 13.0. The Bertz CT molecular complexity index is 466. The second kappa shape index (κ2) is 5.63. The van der Waals surface area contributed by atoms with E-state index in [1.807, 2.05) is 11.6 Å². The molecule has 0 bridgehead atoms. The monoisotopic (exact) mass is 260 g/mol. The molecule has 3 heteroatoms. The van der Waals surface area contributed by atoms with Gasteiger partial charge in [0.15, 0.2) is 0 Å². The molecule has 0 radical (unpaired) electrons. The van der Waals surface area contributed by atoms with Gasteiger partial charge in [0.25, 0.3) is 0 Å². The third-order valence-corrected chi connectivity index (χ3v) is 3.69. The summed E-state index contributed by atoms with van der Waals surface area (Å²) in [4.78, 5) is 4.25. The van der Waals surface area contributed by atoms with E-state index in [0.717, 1.165) is 18.1 Å². The molecule has 1 aromatic carbocycles. The van der Waals surface area contributed by atoms with Gasteiger partial charge in [-0.1, -0.05) is 45.0 Å². The maximum atomic E-state index is 4.25. The molecule has 0 fully saturated rings. The standard InChI is InChI=1S/C15H20N2S/c1-15(2,3)13-6-4-12(5-7-13)10-16-11-14-17-8-9-18-14/h4-9,16H,10-11H2,1-3H3. The van der Waals surface area contributed by atoms with Gasteiger partial charge in [-0.25, -0.2) is 4.98 Å². The van der Waals surface area contributed by atoms with Crippen molar-refractivity contribution in [1.29, 1.82) is 0 Å². The number of hydrogen-bond donors (Lipinski definition) is 1. The van der Waals surface area contributed by atoms with Crippen LogP contribution in [0.1, 0.15) is 36.9 Å². The summed E-state index contributed by atoms with van der Waals surface area (Å²) in [7, 11) is 0. The van der Waals surface area contributed by atoms with E-state index in [-0.39, 0.29) is 5.41 Å². The number of nitrogens with one attached hydrogen (secondary N) is 1. The van der Waals surface area contributed by atoms with Crippen LogP contribution in [0.3, 0.4) is 0 Å². The smallest absolute Gasteiger partial charge is 0.106 e. The highest BCUT2D eigenvalue weighted by Gasteiger charge is 2.12. The van der Waals surface area contributed by atoms with Gasteiger partial charge in [-0.2, -0.15) is 0 Å². The summed E-state index contributed by atoms with van der Waals surface area (Å²) in [5.74, 6) is 0. The van der Waals surface area contributed by atoms with Crippen LogP contribution in [0.4, 0.5) is 0 Å². The Morgan fingerprint density at radius 3 is 2.39 bits per heavy atom. The maximum absolute atomic E-state index is 4.25. The van der Waals surface area contributed by atoms with Crippen molar-refractivity contribution in [2.75, 3.05) is 0 Å². The lowest BCUT2D eigenvalue weighted by Gasteiger charge is -2.19. The fourth-order valence-corrected chi connectivity index (χ4v) is 2.36. The van der Waals surface area contributed by atoms with Crippen molar-refractivity contribution >= 4 is 11.3 Å². The van der Waals surface area contributed by atoms with Crippen LogP contribution in [0.15, 0.2) is 35.8 Å². The molecule has 1 N–H and O–H groups in total. The average Bonchev–Trinajstić information content (AvgIpc) is 2.82. The minimum Gasteiger partial charge on any atom is -0.306 e. The first-order chi connectivity index (χ1) is 8.55. The predicted molar refractivity (Wildman–Crippen MR) is 77.8 cm³/mol. The molecule has 18 heavy (non-hydrogen) atoms. The molecule has 2 rings (SSSR count). The summed E-state index contributed by atoms with van der Waals surface area (Å²) in [6.45, 7) is 8.46. The summed E-state index contributed by atoms with van der Waals surface area (Å²) in [5, 5.41) is 6.56. The van der Waals surface area contributed by atoms with Crippen LogP contribution in [0.2, 0.25) is 0 Å². The largest absolute Gasteiger partial charge is 0.306 e. The van der Waals surface area contributed by atoms with Crippen molar-refractivity contribution in [2.24, 2.45) is 0 Å². The van der Waals surface area contributed by atoms with Crippen LogP contribution < -0.4 is 5.32 Å². The average molecular weight is 260 g/mol. The van der Waals surface area contributed by atoms with Crippen LogP contribution in [-0.4, -0.2) is 4.98 Å². The van der Waals surface area contributed by atoms with E-state index in [2.05, 4.69) is 55.3 Å². The summed E-state index contributed by atoms with van der Waals surface area (Å²) in [6, 6.07) is 8.85. The van der Waals surface area contributed by atoms with E-state index in [1.165, 1.54) is 11.1 Å². The van der Waals surface area contributed by atoms with Gasteiger partial charge in [0.1, 0.15) is 5.01 Å². The van der Waals surface area contributed by atoms with E-state index in [1.54, 1.807) is 11.3 Å². The highest BCUT2D eigenvalue weighted by atomic mass is 32.1. The van der Waals surface area contributed by atoms with E-state index in [0.29, 0.717) is 0 Å². The summed E-state index contributed by atoms with van der Waals surface area (Å²) >= 11 is 1.69. The minimum absolute atomic E-state index is 0.229. The van der Waals surface area contributed by atoms with Gasteiger partial charge in [0, 0.05) is 24.7 Å². The van der Waals surface area contributed by atoms with Gasteiger partial charge in [-0.3, -0.25) is 0 Å². The number of thiazole rings is 1. The molecule has 1 heterocycles. The van der Waals surface area contributed by atoms with E-state index in [4.69, 9.17) is 0 Å². The van der Waals surface area contributed by atoms with Crippen LogP contribution in [0.5, 0.6) is 0 Å². The lowest BCUT2D eigenvalue weighted by atomic mass is 9.87. The van der Waals surface area contributed by atoms with Crippen LogP contribution in [-0.2, 0) is 18.5 Å². The topological polar surface area (TPSA) is 24.9 Å². The molecule has 0 saturated heterocycles. The van der Waals surface area contributed by atoms with Crippen molar-refractivity contribution in [3.05, 3.63) is 52.0 Å². The Morgan fingerprint density at radius 1 is 1.11 bits per heavy atom. The summed E-state index contributed by atoms with van der Waals surface area (Å²) in [6.07, 6.45) is 1.85. The molecule has 0 aliphatic rings. The normalized spacial score (nSPS) is 11.7. The Hall–Kier alpha value is -1.19. The molecule has 2 nitrogen and oxygen atoms in total. The SMILES string of the molecule is CC(C)(C)c1ccc(CNCc2nccs2)cc1. The molecule has 0 unspecified atom stereocenters. The number of rotatable bonds is 4. The Labute approximate surface area is 113 Å². The second-order valence-electron chi connectivity index (χ2n) is 5.48. The Balaban J connectivity index is 1.87. The van der Waals surface area contributed by atoms with Crippen molar-refractivity contribution in [2.45, 2.75) is 39.3 Å². The fourth-order valence-electron chi connectivity index (χ4n) is 1.78. The van der Waals surface area contributed by atoms with Gasteiger partial charge in [-0.15, -0.1) is 11.3 Å². The van der Waals surface area contributed by atoms with E-state index in [9.17, 15) is 0 Å². The molecule has 2 aromatic rings. The third-order valence-electron chi connectivity index (χ3n) is 2.91. The summed E-state index contributed by atoms with van der Waals surface area (Å²) in [5.41, 5.74) is 2.93. The number of benzene rings is 1. The van der Waals surface area contributed by atoms with Gasteiger partial charge >= 0.3 is 0 Å². The lowest BCUT2D eigenvalue weighted by molar-refractivity contribution is 0.589. The van der Waals surface area contributed by atoms with Crippen LogP contribution in [0.25, 0.3) is 0 Å². The Morgan fingerprint density at radius 2 is 1.83 bits per heavy atom. The molecule has 0 atom stereocenters. The number of aromatic nitrogens is 1. The second-order valence-corrected chi connectivity index (χ2v) is 6.46. The van der Waals surface area contributed by atoms with Crippen molar-refractivity contribution < 1.29 is 0 Å². The zero-order valence-electron chi connectivity index (χ0n) is 11.2. The first-order valence-electron chi connectivity index (χ1n) is 6.24. The summed E-state index contributed by atoms with van der Waals surface area (Å²) < 4.78 is 0. The van der Waals surface area contributed by atoms with E-state index < -0.39 is 0 Å². The number of hydrogen-bond acceptors (Lipinski definition) is 3. The molecular weight excluding hydrogens is 240 g/mol. The highest BCUT2D eigenvalue weighted by Crippen LogP contribution is 2.22. The van der Waals surface area contributed by atoms with Crippen molar-refractivity contribution in [1.82, 2.24) is 10.3 Å². The molecule has 0 amide bonds. The van der Waals surface area contributed by atoms with Gasteiger partial charge in [0.05, 0.1) is 0 Å². The molecule has 0 saturated carbocycles. The lowest BCUT2D eigenvalue weighted by Crippen LogP contribution is -2.14. The number of nitrogens with zero attached hydrogens (tertiary/aromatic N) is 1. The molecule has 0 aliphatic heterocycles. The highest BCUT2D eigenvalue weighted by molar-refractivity contribution is 7.09. The molecular formula is C15H20N2S. The molecule has 0 spiro atoms.